The molecular weight excluding hydrogens is 503 g/mol. The molecule has 3 aromatic rings. The van der Waals surface area contributed by atoms with E-state index in [9.17, 15) is 20.0 Å². The molecule has 39 heavy (non-hydrogen) atoms. The predicted molar refractivity (Wildman–Crippen MR) is 140 cm³/mol. The van der Waals surface area contributed by atoms with Crippen molar-refractivity contribution < 1.29 is 34.8 Å². The Kier molecular flexibility index (Phi) is 4.39. The lowest BCUT2D eigenvalue weighted by atomic mass is 9.95. The lowest BCUT2D eigenvalue weighted by Gasteiger charge is -2.36. The number of pyridine rings is 1. The van der Waals surface area contributed by atoms with E-state index in [1.54, 1.807) is 20.8 Å². The first kappa shape index (κ1) is 18.1. The molecule has 1 atom stereocenters. The van der Waals surface area contributed by atoms with E-state index in [0.717, 1.165) is 27.9 Å². The summed E-state index contributed by atoms with van der Waals surface area (Å²) in [5.41, 5.74) is -4.96. The third kappa shape index (κ3) is 5.07. The summed E-state index contributed by atoms with van der Waals surface area (Å²) in [5, 5.41) is 24.9. The zero-order valence-corrected chi connectivity index (χ0v) is 21.4. The first-order chi connectivity index (χ1) is 21.4. The second-order valence-electron chi connectivity index (χ2n) is 9.99. The van der Waals surface area contributed by atoms with Crippen LogP contribution in [-0.2, 0) is 11.3 Å². The number of piperidine rings is 1. The van der Waals surface area contributed by atoms with Crippen LogP contribution in [0.4, 0.5) is 15.0 Å². The Morgan fingerprint density at radius 2 is 2.08 bits per heavy atom. The van der Waals surface area contributed by atoms with Crippen molar-refractivity contribution in [3.05, 3.63) is 59.2 Å². The Morgan fingerprint density at radius 3 is 2.79 bits per heavy atom. The summed E-state index contributed by atoms with van der Waals surface area (Å²) in [4.78, 5) is 32.0. The van der Waals surface area contributed by atoms with Gasteiger partial charge in [0.25, 0.3) is 5.91 Å². The second kappa shape index (κ2) is 9.47. The molecule has 2 aliphatic heterocycles. The monoisotopic (exact) mass is 540 g/mol. The summed E-state index contributed by atoms with van der Waals surface area (Å²) in [6, 6.07) is 7.87. The van der Waals surface area contributed by atoms with Crippen molar-refractivity contribution >= 4 is 17.8 Å². The van der Waals surface area contributed by atoms with Gasteiger partial charge in [0.1, 0.15) is 11.4 Å². The van der Waals surface area contributed by atoms with Crippen LogP contribution >= 0.6 is 0 Å². The van der Waals surface area contributed by atoms with Crippen molar-refractivity contribution in [1.82, 2.24) is 19.7 Å². The maximum atomic E-state index is 15.2. The zero-order valence-electron chi connectivity index (χ0n) is 29.4. The summed E-state index contributed by atoms with van der Waals surface area (Å²) < 4.78 is 88.6. The van der Waals surface area contributed by atoms with E-state index in [-0.39, 0.29) is 38.7 Å². The summed E-state index contributed by atoms with van der Waals surface area (Å²) in [6.07, 6.45) is -6.79. The van der Waals surface area contributed by atoms with Gasteiger partial charge in [-0.05, 0) is 58.6 Å². The lowest BCUT2D eigenvalue weighted by molar-refractivity contribution is 0.0246. The molecule has 0 saturated carbocycles. The molecule has 1 N–H and O–H groups in total. The van der Waals surface area contributed by atoms with Gasteiger partial charge < -0.3 is 14.7 Å². The number of nitriles is 1. The van der Waals surface area contributed by atoms with Crippen molar-refractivity contribution in [2.45, 2.75) is 58.2 Å². The molecule has 10 nitrogen and oxygen atoms in total. The third-order valence-corrected chi connectivity index (χ3v) is 5.70. The topological polar surface area (TPSA) is 125 Å². The predicted octanol–water partition coefficient (Wildman–Crippen LogP) is 4.19. The number of anilines is 1. The van der Waals surface area contributed by atoms with Gasteiger partial charge in [-0.2, -0.15) is 10.4 Å². The third-order valence-electron chi connectivity index (χ3n) is 5.70. The molecule has 2 amide bonds. The largest absolute Gasteiger partial charge is 0.443 e. The number of amides is 2. The number of benzene rings is 1. The molecule has 0 radical (unpaired) electrons. The number of hydrogen-bond donors (Lipinski definition) is 1. The van der Waals surface area contributed by atoms with Gasteiger partial charge in [0.15, 0.2) is 5.82 Å². The van der Waals surface area contributed by atoms with E-state index in [1.807, 2.05) is 6.07 Å². The molecular formula is C28H29FN6O4. The summed E-state index contributed by atoms with van der Waals surface area (Å²) >= 11 is 0. The highest BCUT2D eigenvalue weighted by Crippen LogP contribution is 2.35. The van der Waals surface area contributed by atoms with Crippen LogP contribution < -0.4 is 4.90 Å². The Bertz CT molecular complexity index is 1840. The van der Waals surface area contributed by atoms with Gasteiger partial charge in [-0.1, -0.05) is 6.07 Å². The van der Waals surface area contributed by atoms with Crippen LogP contribution in [0.15, 0.2) is 36.5 Å². The number of rotatable bonds is 3. The Balaban J connectivity index is 1.72. The number of aromatic nitrogens is 3. The molecule has 0 unspecified atom stereocenters. The number of aliphatic hydroxyl groups is 1. The highest BCUT2D eigenvalue weighted by atomic mass is 19.1. The quantitative estimate of drug-likeness (QED) is 0.525. The van der Waals surface area contributed by atoms with Crippen molar-refractivity contribution in [2.24, 2.45) is 0 Å². The van der Waals surface area contributed by atoms with Gasteiger partial charge >= 0.3 is 6.09 Å². The fraction of sp³-hybridized carbons (Fsp3) is 0.393. The minimum atomic E-state index is -3.49. The summed E-state index contributed by atoms with van der Waals surface area (Å²) in [6.45, 7) is -1.66. The molecule has 0 bridgehead atoms. The zero-order chi connectivity index (χ0) is 35.3. The van der Waals surface area contributed by atoms with E-state index >= 15 is 4.39 Å². The number of imide groups is 1. The van der Waals surface area contributed by atoms with Crippen LogP contribution in [0.25, 0.3) is 16.9 Å². The molecule has 11 heteroatoms. The number of ether oxygens (including phenoxy) is 1. The molecule has 1 aromatic carbocycles. The molecule has 2 aliphatic rings. The SMILES string of the molecule is [2H]C1([2H])N(c2ccn(-c3cc(-c4c(F)cccc4C#N)nc4c3C(=O)N(C(=O)OC(C)(C)C)C4)n2)C([2H])([2H])[C@](C)(O)C([2H])([2H])C1([2H])[2H]. The van der Waals surface area contributed by atoms with E-state index in [2.05, 4.69) is 10.1 Å². The van der Waals surface area contributed by atoms with Gasteiger partial charge in [-0.15, -0.1) is 0 Å². The number of halogens is 1. The molecule has 0 spiro atoms. The average Bonchev–Trinajstić information content (AvgIpc) is 3.55. The molecule has 4 heterocycles. The van der Waals surface area contributed by atoms with Crippen LogP contribution in [0.3, 0.4) is 0 Å². The van der Waals surface area contributed by atoms with Crippen LogP contribution in [0, 0.1) is 17.1 Å². The van der Waals surface area contributed by atoms with Gasteiger partial charge in [-0.3, -0.25) is 4.79 Å². The first-order valence-electron chi connectivity index (χ1n) is 15.8. The van der Waals surface area contributed by atoms with E-state index in [1.165, 1.54) is 18.2 Å². The van der Waals surface area contributed by atoms with E-state index in [0.29, 0.717) is 6.92 Å². The highest BCUT2D eigenvalue weighted by molar-refractivity contribution is 6.08. The lowest BCUT2D eigenvalue weighted by Crippen LogP contribution is -2.46. The van der Waals surface area contributed by atoms with Crippen molar-refractivity contribution in [2.75, 3.05) is 17.9 Å². The first-order valence-corrected chi connectivity index (χ1v) is 11.8. The van der Waals surface area contributed by atoms with Gasteiger partial charge in [0, 0.05) is 33.5 Å². The molecule has 1 saturated heterocycles. The van der Waals surface area contributed by atoms with Crippen molar-refractivity contribution in [1.29, 1.82) is 5.26 Å². The van der Waals surface area contributed by atoms with Crippen molar-refractivity contribution in [3.8, 4) is 23.0 Å². The normalized spacial score (nSPS) is 27.4. The summed E-state index contributed by atoms with van der Waals surface area (Å²) in [5.74, 6) is -2.32. The fourth-order valence-corrected chi connectivity index (χ4v) is 4.10. The van der Waals surface area contributed by atoms with Crippen molar-refractivity contribution in [3.63, 3.8) is 0 Å². The molecule has 1 fully saturated rings. The van der Waals surface area contributed by atoms with Crippen LogP contribution in [0.2, 0.25) is 0 Å². The fourth-order valence-electron chi connectivity index (χ4n) is 4.10. The molecule has 5 rings (SSSR count). The number of nitrogens with zero attached hydrogens (tertiary/aromatic N) is 6. The number of carbonyl (C=O) groups excluding carboxylic acids is 2. The minimum Gasteiger partial charge on any atom is -0.443 e. The Labute approximate surface area is 236 Å². The average molecular weight is 541 g/mol. The maximum absolute atomic E-state index is 15.2. The number of hydrogen-bond acceptors (Lipinski definition) is 8. The highest BCUT2D eigenvalue weighted by Gasteiger charge is 2.39. The Hall–Kier alpha value is -4.30. The second-order valence-corrected chi connectivity index (χ2v) is 9.99. The number of carbonyl (C=O) groups is 2. The number of β-amino-alcohol motifs (C(OH)–C–C–N with tert-alkyl or cyclic N) is 1. The van der Waals surface area contributed by atoms with Crippen LogP contribution in [-0.4, -0.2) is 61.0 Å². The maximum Gasteiger partial charge on any atom is 0.417 e. The minimum absolute atomic E-state index is 0.0337. The van der Waals surface area contributed by atoms with Gasteiger partial charge in [0.05, 0.1) is 54.7 Å². The van der Waals surface area contributed by atoms with E-state index in [4.69, 9.17) is 15.7 Å². The standard InChI is InChI=1S/C28H29FN6O4/c1-27(2,3)39-26(37)34-15-20-24(25(34)36)21(13-19(31-20)23-17(14-30)7-5-8-18(23)29)35-12-9-22(32-35)33-11-6-10-28(4,38)16-33/h5,7-9,12-13,38H,6,10-11,15-16H2,1-4H3/t28-/m1/s1/i6D2,10D2,11D2,16D2. The Morgan fingerprint density at radius 1 is 1.31 bits per heavy atom. The molecule has 0 aliphatic carbocycles. The van der Waals surface area contributed by atoms with Crippen LogP contribution in [0.5, 0.6) is 0 Å². The summed E-state index contributed by atoms with van der Waals surface area (Å²) in [7, 11) is 0. The number of fused-ring (bicyclic) bond motifs is 1. The van der Waals surface area contributed by atoms with Gasteiger partial charge in [0.2, 0.25) is 0 Å². The van der Waals surface area contributed by atoms with E-state index < -0.39 is 67.1 Å². The van der Waals surface area contributed by atoms with Crippen LogP contribution in [0.1, 0.15) is 73.0 Å². The van der Waals surface area contributed by atoms with Gasteiger partial charge in [-0.25, -0.2) is 23.8 Å². The molecule has 202 valence electrons. The molecule has 2 aromatic heterocycles. The smallest absolute Gasteiger partial charge is 0.417 e.